The van der Waals surface area contributed by atoms with E-state index in [9.17, 15) is 0 Å². The van der Waals surface area contributed by atoms with Crippen LogP contribution < -0.4 is 0 Å². The van der Waals surface area contributed by atoms with Crippen LogP contribution >= 0.6 is 0 Å². The summed E-state index contributed by atoms with van der Waals surface area (Å²) in [5.41, 5.74) is 0.219. The van der Waals surface area contributed by atoms with Crippen LogP contribution in [0, 0.1) is 35.4 Å². The molecule has 0 amide bonds. The van der Waals surface area contributed by atoms with Crippen LogP contribution in [-0.4, -0.2) is 53.2 Å². The van der Waals surface area contributed by atoms with Gasteiger partial charge in [-0.2, -0.15) is 0 Å². The van der Waals surface area contributed by atoms with E-state index in [-0.39, 0.29) is 5.41 Å². The van der Waals surface area contributed by atoms with Crippen molar-refractivity contribution in [2.24, 2.45) is 5.41 Å². The molecule has 109 valence electrons. The Morgan fingerprint density at radius 3 is 2.37 bits per heavy atom. The van der Waals surface area contributed by atoms with Gasteiger partial charge in [-0.3, -0.25) is 0 Å². The van der Waals surface area contributed by atoms with E-state index in [1.54, 1.807) is 0 Å². The van der Waals surface area contributed by atoms with Crippen LogP contribution in [0.5, 0.6) is 0 Å². The number of hydrogen-bond donors (Lipinski definition) is 0. The Hall–Kier alpha value is 0.439. The molecule has 2 atom stereocenters. The summed E-state index contributed by atoms with van der Waals surface area (Å²) < 4.78 is 5.67. The number of methoxy groups -OCH3 is 1. The molecule has 0 aromatic heterocycles. The summed E-state index contributed by atoms with van der Waals surface area (Å²) in [4.78, 5) is 3.80. The van der Waals surface area contributed by atoms with Crippen LogP contribution in [0.4, 0.5) is 0 Å². The van der Waals surface area contributed by atoms with Gasteiger partial charge in [-0.15, -0.1) is 0 Å². The van der Waals surface area contributed by atoms with Gasteiger partial charge in [0.1, 0.15) is 0 Å². The first-order valence-corrected chi connectivity index (χ1v) is 8.91. The third-order valence-electron chi connectivity index (χ3n) is 3.67. The van der Waals surface area contributed by atoms with E-state index < -0.39 is 0 Å². The maximum absolute atomic E-state index is 5.67. The van der Waals surface area contributed by atoms with Gasteiger partial charge < -0.3 is 0 Å². The van der Waals surface area contributed by atoms with E-state index in [0.717, 1.165) is 5.32 Å². The van der Waals surface area contributed by atoms with Crippen LogP contribution in [0.1, 0.15) is 27.7 Å². The SMILES string of the molecule is CO[C@@H](C[Se][C]1[CH][CH][CH][C]1[C@@H](C)N(C)C)C(C)(C)C. The summed E-state index contributed by atoms with van der Waals surface area (Å²) in [6.45, 7) is 9.04. The standard InChI is InChI=1S/C16H28NOSe/c1-12(17(5)6)13-9-8-10-14(13)19-11-15(18-7)16(2,3)4/h8-10,12,15H,11H2,1-7H3/t12-,15+/m1/s1. The van der Waals surface area contributed by atoms with Gasteiger partial charge in [0.05, 0.1) is 0 Å². The fourth-order valence-corrected chi connectivity index (χ4v) is 5.26. The molecule has 0 aromatic rings. The van der Waals surface area contributed by atoms with Crippen LogP contribution in [-0.2, 0) is 4.74 Å². The normalized spacial score (nSPS) is 22.1. The van der Waals surface area contributed by atoms with E-state index in [2.05, 4.69) is 66.0 Å². The van der Waals surface area contributed by atoms with Crippen molar-refractivity contribution in [3.05, 3.63) is 30.0 Å². The molecule has 19 heavy (non-hydrogen) atoms. The fraction of sp³-hybridized carbons (Fsp3) is 0.688. The zero-order chi connectivity index (χ0) is 14.6. The minimum absolute atomic E-state index is 0.219. The van der Waals surface area contributed by atoms with Gasteiger partial charge in [-0.1, -0.05) is 0 Å². The summed E-state index contributed by atoms with van der Waals surface area (Å²) in [5, 5.41) is 1.14. The van der Waals surface area contributed by atoms with E-state index >= 15 is 0 Å². The van der Waals surface area contributed by atoms with Crippen molar-refractivity contribution in [1.29, 1.82) is 0 Å². The second-order valence-electron chi connectivity index (χ2n) is 6.39. The molecule has 0 heterocycles. The molecule has 0 spiro atoms. The second-order valence-corrected chi connectivity index (χ2v) is 8.61. The first-order valence-electron chi connectivity index (χ1n) is 6.85. The minimum atomic E-state index is 0.219. The number of nitrogens with zero attached hydrogens (tertiary/aromatic N) is 1. The summed E-state index contributed by atoms with van der Waals surface area (Å²) in [7, 11) is 6.11. The van der Waals surface area contributed by atoms with Crippen LogP contribution in [0.2, 0.25) is 5.32 Å². The molecular weight excluding hydrogens is 301 g/mol. The van der Waals surface area contributed by atoms with Gasteiger partial charge in [0.2, 0.25) is 0 Å². The topological polar surface area (TPSA) is 12.5 Å². The first-order chi connectivity index (χ1) is 8.77. The molecule has 0 bridgehead atoms. The van der Waals surface area contributed by atoms with Crippen LogP contribution in [0.25, 0.3) is 0 Å². The Bertz CT molecular complexity index is 262. The van der Waals surface area contributed by atoms with Gasteiger partial charge in [0, 0.05) is 0 Å². The van der Waals surface area contributed by atoms with Gasteiger partial charge in [0.15, 0.2) is 0 Å². The van der Waals surface area contributed by atoms with E-state index in [1.165, 1.54) is 10.7 Å². The first kappa shape index (κ1) is 17.5. The Labute approximate surface area is 126 Å². The van der Waals surface area contributed by atoms with Crippen molar-refractivity contribution in [2.75, 3.05) is 21.2 Å². The fourth-order valence-electron chi connectivity index (χ4n) is 2.01. The summed E-state index contributed by atoms with van der Waals surface area (Å²) in [6, 6.07) is 0.488. The molecule has 0 aliphatic heterocycles. The van der Waals surface area contributed by atoms with Crippen molar-refractivity contribution in [3.8, 4) is 0 Å². The Kier molecular flexibility index (Phi) is 6.86. The van der Waals surface area contributed by atoms with E-state index in [1.807, 2.05) is 7.11 Å². The van der Waals surface area contributed by atoms with Crippen molar-refractivity contribution >= 4 is 15.0 Å². The van der Waals surface area contributed by atoms with Crippen LogP contribution in [0.3, 0.4) is 0 Å². The molecule has 5 radical (unpaired) electrons. The number of rotatable bonds is 6. The number of ether oxygens (including phenoxy) is 1. The second kappa shape index (κ2) is 7.45. The molecule has 1 aliphatic rings. The predicted octanol–water partition coefficient (Wildman–Crippen LogP) is 2.85. The maximum atomic E-state index is 5.67. The molecule has 2 nitrogen and oxygen atoms in total. The molecule has 0 aromatic carbocycles. The molecule has 3 heteroatoms. The van der Waals surface area contributed by atoms with Crippen molar-refractivity contribution in [2.45, 2.75) is 45.2 Å². The van der Waals surface area contributed by atoms with Crippen molar-refractivity contribution < 1.29 is 4.74 Å². The van der Waals surface area contributed by atoms with Gasteiger partial charge in [-0.05, 0) is 0 Å². The molecule has 1 saturated carbocycles. The van der Waals surface area contributed by atoms with Gasteiger partial charge in [-0.25, -0.2) is 0 Å². The zero-order valence-corrected chi connectivity index (χ0v) is 15.1. The summed E-state index contributed by atoms with van der Waals surface area (Å²) in [6.07, 6.45) is 7.07. The summed E-state index contributed by atoms with van der Waals surface area (Å²) >= 11 is 0.483. The van der Waals surface area contributed by atoms with Crippen molar-refractivity contribution in [3.63, 3.8) is 0 Å². The Morgan fingerprint density at radius 1 is 1.26 bits per heavy atom. The zero-order valence-electron chi connectivity index (χ0n) is 13.4. The average Bonchev–Trinajstić information content (AvgIpc) is 2.75. The predicted molar refractivity (Wildman–Crippen MR) is 83.3 cm³/mol. The monoisotopic (exact) mass is 330 g/mol. The number of hydrogen-bond acceptors (Lipinski definition) is 2. The van der Waals surface area contributed by atoms with Gasteiger partial charge in [0.25, 0.3) is 0 Å². The molecule has 0 unspecified atom stereocenters. The van der Waals surface area contributed by atoms with Gasteiger partial charge >= 0.3 is 126 Å². The van der Waals surface area contributed by atoms with E-state index in [4.69, 9.17) is 4.74 Å². The Balaban J connectivity index is 2.51. The molecule has 1 aliphatic carbocycles. The third kappa shape index (κ3) is 5.04. The molecule has 1 rings (SSSR count). The van der Waals surface area contributed by atoms with Crippen molar-refractivity contribution in [1.82, 2.24) is 4.90 Å². The van der Waals surface area contributed by atoms with E-state index in [0.29, 0.717) is 27.1 Å². The van der Waals surface area contributed by atoms with Crippen LogP contribution in [0.15, 0.2) is 0 Å². The molecule has 1 fully saturated rings. The third-order valence-corrected chi connectivity index (χ3v) is 6.09. The molecule has 0 saturated heterocycles. The average molecular weight is 329 g/mol. The molecular formula is C16H28NOSe. The summed E-state index contributed by atoms with van der Waals surface area (Å²) in [5.74, 6) is 1.48. The molecule has 0 N–H and O–H groups in total. The quantitative estimate of drug-likeness (QED) is 0.695. The Morgan fingerprint density at radius 2 is 1.89 bits per heavy atom.